The normalized spacial score (nSPS) is 12.8. The van der Waals surface area contributed by atoms with Crippen molar-refractivity contribution in [1.82, 2.24) is 5.43 Å². The van der Waals surface area contributed by atoms with Crippen LogP contribution in [-0.4, -0.2) is 18.1 Å². The van der Waals surface area contributed by atoms with Crippen LogP contribution in [0.5, 0.6) is 5.75 Å². The Bertz CT molecular complexity index is 360. The molecule has 0 aromatic heterocycles. The molecule has 1 atom stereocenters. The van der Waals surface area contributed by atoms with Crippen molar-refractivity contribution in [3.05, 3.63) is 29.6 Å². The Balaban J connectivity index is 2.89. The molecule has 0 aliphatic carbocycles. The fourth-order valence-electron chi connectivity index (χ4n) is 1.49. The van der Waals surface area contributed by atoms with E-state index in [9.17, 15) is 4.39 Å². The lowest BCUT2D eigenvalue weighted by Gasteiger charge is -2.19. The van der Waals surface area contributed by atoms with Gasteiger partial charge in [0.1, 0.15) is 11.6 Å². The van der Waals surface area contributed by atoms with E-state index in [0.717, 1.165) is 11.3 Å². The number of hydrogen-bond donors (Lipinski definition) is 2. The number of benzene rings is 1. The highest BCUT2D eigenvalue weighted by Crippen LogP contribution is 2.28. The zero-order valence-corrected chi connectivity index (χ0v) is 11.2. The van der Waals surface area contributed by atoms with Gasteiger partial charge in [-0.2, -0.15) is 11.8 Å². The van der Waals surface area contributed by atoms with Crippen LogP contribution in [0.2, 0.25) is 0 Å². The summed E-state index contributed by atoms with van der Waals surface area (Å²) in [7, 11) is 1.57. The maximum atomic E-state index is 13.2. The van der Waals surface area contributed by atoms with E-state index >= 15 is 0 Å². The topological polar surface area (TPSA) is 47.3 Å². The van der Waals surface area contributed by atoms with Gasteiger partial charge < -0.3 is 4.74 Å². The summed E-state index contributed by atoms with van der Waals surface area (Å²) in [5.74, 6) is 6.66. The number of methoxy groups -OCH3 is 1. The molecule has 0 fully saturated rings. The van der Waals surface area contributed by atoms with E-state index < -0.39 is 0 Å². The minimum atomic E-state index is -0.282. The van der Waals surface area contributed by atoms with Crippen molar-refractivity contribution in [2.75, 3.05) is 12.9 Å². The third-order valence-electron chi connectivity index (χ3n) is 2.36. The van der Waals surface area contributed by atoms with Gasteiger partial charge in [0.15, 0.2) is 0 Å². The van der Waals surface area contributed by atoms with E-state index in [1.165, 1.54) is 12.1 Å². The molecule has 0 saturated heterocycles. The highest BCUT2D eigenvalue weighted by Gasteiger charge is 2.16. The maximum Gasteiger partial charge on any atom is 0.123 e. The largest absolute Gasteiger partial charge is 0.496 e. The van der Waals surface area contributed by atoms with Crippen LogP contribution < -0.4 is 16.0 Å². The van der Waals surface area contributed by atoms with Gasteiger partial charge in [0.2, 0.25) is 0 Å². The summed E-state index contributed by atoms with van der Waals surface area (Å²) in [4.78, 5) is 0. The number of nitrogens with one attached hydrogen (secondary N) is 1. The van der Waals surface area contributed by atoms with Crippen LogP contribution >= 0.6 is 11.8 Å². The molecule has 5 heteroatoms. The van der Waals surface area contributed by atoms with Crippen LogP contribution in [0.4, 0.5) is 4.39 Å². The predicted octanol–water partition coefficient (Wildman–Crippen LogP) is 2.48. The van der Waals surface area contributed by atoms with E-state index in [-0.39, 0.29) is 11.9 Å². The Kier molecular flexibility index (Phi) is 5.74. The van der Waals surface area contributed by atoms with E-state index in [1.807, 2.05) is 0 Å². The number of hydrogen-bond acceptors (Lipinski definition) is 4. The van der Waals surface area contributed by atoms with Gasteiger partial charge in [-0.05, 0) is 23.4 Å². The smallest absolute Gasteiger partial charge is 0.123 e. The van der Waals surface area contributed by atoms with Crippen molar-refractivity contribution in [3.63, 3.8) is 0 Å². The standard InChI is InChI=1S/C12H19FN2OS/c1-8(2)17-7-11(15-14)10-6-9(13)4-5-12(10)16-3/h4-6,8,11,15H,7,14H2,1-3H3. The van der Waals surface area contributed by atoms with Gasteiger partial charge in [-0.25, -0.2) is 4.39 Å². The first-order chi connectivity index (χ1) is 8.08. The highest BCUT2D eigenvalue weighted by atomic mass is 32.2. The second-order valence-electron chi connectivity index (χ2n) is 3.99. The van der Waals surface area contributed by atoms with Gasteiger partial charge in [-0.3, -0.25) is 11.3 Å². The van der Waals surface area contributed by atoms with Crippen molar-refractivity contribution >= 4 is 11.8 Å². The minimum absolute atomic E-state index is 0.118. The molecular formula is C12H19FN2OS. The van der Waals surface area contributed by atoms with Crippen LogP contribution in [0.3, 0.4) is 0 Å². The molecule has 0 aliphatic rings. The SMILES string of the molecule is COc1ccc(F)cc1C(CSC(C)C)NN. The zero-order valence-electron chi connectivity index (χ0n) is 10.4. The quantitative estimate of drug-likeness (QED) is 0.608. The molecule has 1 aromatic rings. The molecule has 0 saturated carbocycles. The Labute approximate surface area is 106 Å². The molecule has 1 unspecified atom stereocenters. The maximum absolute atomic E-state index is 13.2. The number of ether oxygens (including phenoxy) is 1. The Morgan fingerprint density at radius 2 is 2.18 bits per heavy atom. The molecule has 3 N–H and O–H groups in total. The van der Waals surface area contributed by atoms with Gasteiger partial charge in [-0.15, -0.1) is 0 Å². The van der Waals surface area contributed by atoms with Gasteiger partial charge in [-0.1, -0.05) is 13.8 Å². The monoisotopic (exact) mass is 258 g/mol. The number of rotatable bonds is 6. The van der Waals surface area contributed by atoms with Crippen LogP contribution in [0.15, 0.2) is 18.2 Å². The Hall–Kier alpha value is -0.780. The molecular weight excluding hydrogens is 239 g/mol. The van der Waals surface area contributed by atoms with Crippen molar-refractivity contribution in [3.8, 4) is 5.75 Å². The molecule has 3 nitrogen and oxygen atoms in total. The molecule has 0 heterocycles. The zero-order chi connectivity index (χ0) is 12.8. The van der Waals surface area contributed by atoms with Crippen molar-refractivity contribution < 1.29 is 9.13 Å². The van der Waals surface area contributed by atoms with Crippen molar-refractivity contribution in [2.24, 2.45) is 5.84 Å². The molecule has 17 heavy (non-hydrogen) atoms. The molecule has 0 spiro atoms. The molecule has 96 valence electrons. The summed E-state index contributed by atoms with van der Waals surface area (Å²) in [6.07, 6.45) is 0. The first-order valence-corrected chi connectivity index (χ1v) is 6.54. The summed E-state index contributed by atoms with van der Waals surface area (Å²) in [5.41, 5.74) is 3.46. The van der Waals surface area contributed by atoms with Crippen molar-refractivity contribution in [2.45, 2.75) is 25.1 Å². The second-order valence-corrected chi connectivity index (χ2v) is 5.60. The lowest BCUT2D eigenvalue weighted by atomic mass is 10.1. The summed E-state index contributed by atoms with van der Waals surface area (Å²) < 4.78 is 18.5. The number of thioether (sulfide) groups is 1. The lowest BCUT2D eigenvalue weighted by Crippen LogP contribution is -2.30. The van der Waals surface area contributed by atoms with Crippen LogP contribution in [0, 0.1) is 5.82 Å². The van der Waals surface area contributed by atoms with E-state index in [0.29, 0.717) is 11.0 Å². The van der Waals surface area contributed by atoms with Crippen LogP contribution in [0.25, 0.3) is 0 Å². The van der Waals surface area contributed by atoms with Crippen molar-refractivity contribution in [1.29, 1.82) is 0 Å². The summed E-state index contributed by atoms with van der Waals surface area (Å²) in [5, 5.41) is 0.505. The number of halogens is 1. The molecule has 0 aliphatic heterocycles. The fraction of sp³-hybridized carbons (Fsp3) is 0.500. The molecule has 0 radical (unpaired) electrons. The lowest BCUT2D eigenvalue weighted by molar-refractivity contribution is 0.401. The minimum Gasteiger partial charge on any atom is -0.496 e. The van der Waals surface area contributed by atoms with Crippen LogP contribution in [-0.2, 0) is 0 Å². The van der Waals surface area contributed by atoms with E-state index in [1.54, 1.807) is 24.9 Å². The molecule has 0 amide bonds. The van der Waals surface area contributed by atoms with Gasteiger partial charge in [0.05, 0.1) is 13.2 Å². The van der Waals surface area contributed by atoms with Gasteiger partial charge in [0.25, 0.3) is 0 Å². The van der Waals surface area contributed by atoms with E-state index in [4.69, 9.17) is 10.6 Å². The third kappa shape index (κ3) is 4.18. The number of nitrogens with two attached hydrogens (primary N) is 1. The fourth-order valence-corrected chi connectivity index (χ4v) is 2.35. The summed E-state index contributed by atoms with van der Waals surface area (Å²) in [6.45, 7) is 4.22. The molecule has 1 rings (SSSR count). The summed E-state index contributed by atoms with van der Waals surface area (Å²) >= 11 is 1.76. The van der Waals surface area contributed by atoms with Gasteiger partial charge >= 0.3 is 0 Å². The first-order valence-electron chi connectivity index (χ1n) is 5.49. The third-order valence-corrected chi connectivity index (χ3v) is 3.56. The van der Waals surface area contributed by atoms with Gasteiger partial charge in [0, 0.05) is 11.3 Å². The second kappa shape index (κ2) is 6.83. The molecule has 0 bridgehead atoms. The average molecular weight is 258 g/mol. The Morgan fingerprint density at radius 3 is 2.71 bits per heavy atom. The Morgan fingerprint density at radius 1 is 1.47 bits per heavy atom. The molecule has 1 aromatic carbocycles. The average Bonchev–Trinajstić information content (AvgIpc) is 2.30. The van der Waals surface area contributed by atoms with E-state index in [2.05, 4.69) is 19.3 Å². The highest BCUT2D eigenvalue weighted by molar-refractivity contribution is 7.99. The predicted molar refractivity (Wildman–Crippen MR) is 70.6 cm³/mol. The summed E-state index contributed by atoms with van der Waals surface area (Å²) in [6, 6.07) is 4.35. The van der Waals surface area contributed by atoms with Crippen LogP contribution in [0.1, 0.15) is 25.5 Å². The number of hydrazine groups is 1. The first kappa shape index (κ1) is 14.3.